The van der Waals surface area contributed by atoms with Crippen LogP contribution in [-0.2, 0) is 0 Å². The average molecular weight is 385 g/mol. The molecule has 0 atom stereocenters. The second-order valence-corrected chi connectivity index (χ2v) is 6.55. The molecule has 0 aliphatic carbocycles. The Kier molecular flexibility index (Phi) is 4.78. The van der Waals surface area contributed by atoms with Crippen LogP contribution in [0.1, 0.15) is 21.9 Å². The topological polar surface area (TPSA) is 81.8 Å². The van der Waals surface area contributed by atoms with Crippen molar-refractivity contribution in [3.8, 4) is 11.4 Å². The lowest BCUT2D eigenvalue weighted by Crippen LogP contribution is -2.25. The Morgan fingerprint density at radius 2 is 1.38 bits per heavy atom. The molecule has 4 aromatic rings. The number of nitrogens with one attached hydrogen (secondary N) is 1. The molecule has 1 N–H and O–H groups in total. The zero-order valence-corrected chi connectivity index (χ0v) is 16.0. The van der Waals surface area contributed by atoms with Gasteiger partial charge in [0, 0.05) is 6.07 Å². The van der Waals surface area contributed by atoms with E-state index in [2.05, 4.69) is 15.5 Å². The van der Waals surface area contributed by atoms with Gasteiger partial charge in [-0.2, -0.15) is 14.9 Å². The number of rotatable bonds is 4. The molecule has 2 aromatic carbocycles. The molecule has 2 heterocycles. The summed E-state index contributed by atoms with van der Waals surface area (Å²) in [5, 5.41) is 11.6. The summed E-state index contributed by atoms with van der Waals surface area (Å²) in [4.78, 5) is 25.0. The van der Waals surface area contributed by atoms with Crippen molar-refractivity contribution in [1.29, 1.82) is 0 Å². The van der Waals surface area contributed by atoms with E-state index in [-0.39, 0.29) is 11.3 Å². The van der Waals surface area contributed by atoms with Gasteiger partial charge in [0.2, 0.25) is 0 Å². The van der Waals surface area contributed by atoms with E-state index in [1.807, 2.05) is 50.2 Å². The minimum atomic E-state index is -0.409. The van der Waals surface area contributed by atoms with Crippen LogP contribution in [0.15, 0.2) is 77.6 Å². The van der Waals surface area contributed by atoms with Gasteiger partial charge in [-0.25, -0.2) is 4.68 Å². The number of carbonyl (C=O) groups excluding carboxylic acids is 1. The highest BCUT2D eigenvalue weighted by Gasteiger charge is 2.17. The maximum atomic E-state index is 12.8. The SMILES string of the molecule is Cc1nn(-c2ccccc2)c(C)c1NC(=O)c1ccc(=O)n(-c2ccccc2)n1. The average Bonchev–Trinajstić information content (AvgIpc) is 3.03. The Labute approximate surface area is 167 Å². The van der Waals surface area contributed by atoms with Gasteiger partial charge in [0.15, 0.2) is 0 Å². The summed E-state index contributed by atoms with van der Waals surface area (Å²) in [6.45, 7) is 3.72. The molecule has 1 amide bonds. The van der Waals surface area contributed by atoms with Crippen LogP contribution in [0.4, 0.5) is 5.69 Å². The van der Waals surface area contributed by atoms with E-state index in [0.717, 1.165) is 11.4 Å². The number of hydrogen-bond acceptors (Lipinski definition) is 4. The van der Waals surface area contributed by atoms with Crippen molar-refractivity contribution in [3.63, 3.8) is 0 Å². The second kappa shape index (κ2) is 7.55. The number of anilines is 1. The minimum Gasteiger partial charge on any atom is -0.317 e. The summed E-state index contributed by atoms with van der Waals surface area (Å²) in [6.07, 6.45) is 0. The first-order valence-electron chi connectivity index (χ1n) is 9.13. The van der Waals surface area contributed by atoms with Crippen LogP contribution in [0.3, 0.4) is 0 Å². The fraction of sp³-hybridized carbons (Fsp3) is 0.0909. The Bertz CT molecular complexity index is 1230. The molecule has 0 aliphatic heterocycles. The number of benzene rings is 2. The first kappa shape index (κ1) is 18.4. The van der Waals surface area contributed by atoms with Crippen molar-refractivity contribution in [2.24, 2.45) is 0 Å². The predicted molar refractivity (Wildman–Crippen MR) is 111 cm³/mol. The van der Waals surface area contributed by atoms with Gasteiger partial charge in [-0.1, -0.05) is 36.4 Å². The van der Waals surface area contributed by atoms with Crippen molar-refractivity contribution in [2.75, 3.05) is 5.32 Å². The van der Waals surface area contributed by atoms with Gasteiger partial charge < -0.3 is 5.32 Å². The number of para-hydroxylation sites is 2. The summed E-state index contributed by atoms with van der Waals surface area (Å²) in [5.74, 6) is -0.409. The lowest BCUT2D eigenvalue weighted by molar-refractivity contribution is 0.102. The summed E-state index contributed by atoms with van der Waals surface area (Å²) in [6, 6.07) is 21.4. The highest BCUT2D eigenvalue weighted by Crippen LogP contribution is 2.23. The fourth-order valence-corrected chi connectivity index (χ4v) is 3.11. The number of aromatic nitrogens is 4. The number of hydrogen-bond donors (Lipinski definition) is 1. The normalized spacial score (nSPS) is 10.7. The summed E-state index contributed by atoms with van der Waals surface area (Å²) in [5.41, 5.74) is 3.45. The molecule has 7 heteroatoms. The van der Waals surface area contributed by atoms with Crippen molar-refractivity contribution >= 4 is 11.6 Å². The molecule has 144 valence electrons. The highest BCUT2D eigenvalue weighted by atomic mass is 16.2. The molecule has 2 aromatic heterocycles. The van der Waals surface area contributed by atoms with Crippen LogP contribution in [0.25, 0.3) is 11.4 Å². The smallest absolute Gasteiger partial charge is 0.276 e. The molecule has 0 saturated carbocycles. The lowest BCUT2D eigenvalue weighted by Gasteiger charge is -2.09. The van der Waals surface area contributed by atoms with Crippen LogP contribution in [0, 0.1) is 13.8 Å². The van der Waals surface area contributed by atoms with E-state index in [9.17, 15) is 9.59 Å². The van der Waals surface area contributed by atoms with E-state index in [0.29, 0.717) is 17.1 Å². The second-order valence-electron chi connectivity index (χ2n) is 6.55. The summed E-state index contributed by atoms with van der Waals surface area (Å²) >= 11 is 0. The highest BCUT2D eigenvalue weighted by molar-refractivity contribution is 6.03. The number of carbonyl (C=O) groups is 1. The van der Waals surface area contributed by atoms with Crippen LogP contribution >= 0.6 is 0 Å². The van der Waals surface area contributed by atoms with Gasteiger partial charge in [-0.05, 0) is 44.2 Å². The van der Waals surface area contributed by atoms with E-state index in [4.69, 9.17) is 0 Å². The fourth-order valence-electron chi connectivity index (χ4n) is 3.11. The zero-order chi connectivity index (χ0) is 20.4. The molecule has 4 rings (SSSR count). The van der Waals surface area contributed by atoms with Gasteiger partial charge in [-0.3, -0.25) is 9.59 Å². The van der Waals surface area contributed by atoms with Crippen molar-refractivity contribution in [1.82, 2.24) is 19.6 Å². The Morgan fingerprint density at radius 3 is 2.00 bits per heavy atom. The molecule has 0 aliphatic rings. The summed E-state index contributed by atoms with van der Waals surface area (Å²) in [7, 11) is 0. The molecule has 0 bridgehead atoms. The first-order chi connectivity index (χ1) is 14.0. The van der Waals surface area contributed by atoms with Crippen molar-refractivity contribution in [2.45, 2.75) is 13.8 Å². The predicted octanol–water partition coefficient (Wildman–Crippen LogP) is 3.29. The number of aryl methyl sites for hydroxylation is 1. The van der Waals surface area contributed by atoms with E-state index in [1.54, 1.807) is 28.9 Å². The molecular weight excluding hydrogens is 366 g/mol. The molecule has 0 spiro atoms. The van der Waals surface area contributed by atoms with Gasteiger partial charge in [0.25, 0.3) is 11.5 Å². The van der Waals surface area contributed by atoms with Gasteiger partial charge in [-0.15, -0.1) is 0 Å². The Balaban J connectivity index is 1.66. The quantitative estimate of drug-likeness (QED) is 0.584. The molecule has 0 saturated heterocycles. The van der Waals surface area contributed by atoms with Gasteiger partial charge >= 0.3 is 0 Å². The Morgan fingerprint density at radius 1 is 0.793 bits per heavy atom. The van der Waals surface area contributed by atoms with E-state index in [1.165, 1.54) is 16.8 Å². The maximum absolute atomic E-state index is 12.8. The molecule has 0 fully saturated rings. The molecule has 29 heavy (non-hydrogen) atoms. The monoisotopic (exact) mass is 385 g/mol. The van der Waals surface area contributed by atoms with Crippen LogP contribution < -0.4 is 10.9 Å². The van der Waals surface area contributed by atoms with Crippen molar-refractivity contribution in [3.05, 3.63) is 100 Å². The largest absolute Gasteiger partial charge is 0.317 e. The molecular formula is C22H19N5O2. The lowest BCUT2D eigenvalue weighted by atomic mass is 10.2. The molecule has 7 nitrogen and oxygen atoms in total. The number of amides is 1. The van der Waals surface area contributed by atoms with Crippen LogP contribution in [-0.4, -0.2) is 25.5 Å². The Hall–Kier alpha value is -4.00. The third-order valence-corrected chi connectivity index (χ3v) is 4.56. The van der Waals surface area contributed by atoms with Gasteiger partial charge in [0.1, 0.15) is 5.69 Å². The third-order valence-electron chi connectivity index (χ3n) is 4.56. The van der Waals surface area contributed by atoms with E-state index < -0.39 is 5.91 Å². The number of nitrogens with zero attached hydrogens (tertiary/aromatic N) is 4. The van der Waals surface area contributed by atoms with Crippen molar-refractivity contribution < 1.29 is 4.79 Å². The standard InChI is InChI=1S/C22H19N5O2/c1-15-21(16(2)26(24-15)17-9-5-3-6-10-17)23-22(29)19-13-14-20(28)27(25-19)18-11-7-4-8-12-18/h3-14H,1-2H3,(H,23,29). The maximum Gasteiger partial charge on any atom is 0.276 e. The van der Waals surface area contributed by atoms with Crippen LogP contribution in [0.5, 0.6) is 0 Å². The van der Waals surface area contributed by atoms with E-state index >= 15 is 0 Å². The summed E-state index contributed by atoms with van der Waals surface area (Å²) < 4.78 is 2.99. The van der Waals surface area contributed by atoms with Gasteiger partial charge in [0.05, 0.1) is 28.5 Å². The van der Waals surface area contributed by atoms with Crippen LogP contribution in [0.2, 0.25) is 0 Å². The third kappa shape index (κ3) is 3.58. The molecule has 0 unspecified atom stereocenters. The first-order valence-corrected chi connectivity index (χ1v) is 9.13. The minimum absolute atomic E-state index is 0.139. The molecule has 0 radical (unpaired) electrons. The zero-order valence-electron chi connectivity index (χ0n) is 16.0.